The molecule has 2 aromatic rings. The average molecular weight is 173 g/mol. The van der Waals surface area contributed by atoms with Crippen molar-refractivity contribution in [2.45, 2.75) is 0 Å². The lowest BCUT2D eigenvalue weighted by molar-refractivity contribution is 1.33. The van der Waals surface area contributed by atoms with E-state index in [1.54, 1.807) is 24.7 Å². The summed E-state index contributed by atoms with van der Waals surface area (Å²) in [5.74, 6) is 0.572. The molecule has 13 heavy (non-hydrogen) atoms. The monoisotopic (exact) mass is 173 g/mol. The van der Waals surface area contributed by atoms with Gasteiger partial charge in [-0.15, -0.1) is 0 Å². The molecule has 0 spiro atoms. The van der Waals surface area contributed by atoms with E-state index in [1.807, 2.05) is 30.3 Å². The lowest BCUT2D eigenvalue weighted by Gasteiger charge is -1.82. The number of anilines is 1. The minimum atomic E-state index is 0.572. The third-order valence-electron chi connectivity index (χ3n) is 1.25. The van der Waals surface area contributed by atoms with Crippen molar-refractivity contribution in [1.82, 2.24) is 9.97 Å². The number of pyridine rings is 2. The number of hydrogen-bond acceptors (Lipinski definition) is 3. The van der Waals surface area contributed by atoms with Crippen molar-refractivity contribution < 1.29 is 0 Å². The van der Waals surface area contributed by atoms with E-state index in [2.05, 4.69) is 9.97 Å². The highest BCUT2D eigenvalue weighted by Gasteiger charge is 1.73. The number of nitrogen functional groups attached to an aromatic ring is 1. The summed E-state index contributed by atoms with van der Waals surface area (Å²) in [7, 11) is 0. The molecule has 0 aliphatic rings. The Kier molecular flexibility index (Phi) is 4.04. The Morgan fingerprint density at radius 2 is 1.54 bits per heavy atom. The Morgan fingerprint density at radius 3 is 1.77 bits per heavy atom. The first-order valence-corrected chi connectivity index (χ1v) is 3.91. The lowest BCUT2D eigenvalue weighted by atomic mass is 10.5. The van der Waals surface area contributed by atoms with E-state index in [0.717, 1.165) is 0 Å². The van der Waals surface area contributed by atoms with Crippen LogP contribution in [0.15, 0.2) is 55.0 Å². The molecule has 0 bridgehead atoms. The Morgan fingerprint density at radius 1 is 0.846 bits per heavy atom. The second-order valence-electron chi connectivity index (χ2n) is 2.28. The minimum Gasteiger partial charge on any atom is -0.384 e. The second-order valence-corrected chi connectivity index (χ2v) is 2.28. The maximum absolute atomic E-state index is 5.25. The van der Waals surface area contributed by atoms with Crippen molar-refractivity contribution >= 4 is 5.82 Å². The van der Waals surface area contributed by atoms with E-state index < -0.39 is 0 Å². The largest absolute Gasteiger partial charge is 0.384 e. The van der Waals surface area contributed by atoms with Crippen molar-refractivity contribution in [2.24, 2.45) is 0 Å². The highest BCUT2D eigenvalue weighted by molar-refractivity contribution is 5.25. The van der Waals surface area contributed by atoms with E-state index in [1.165, 1.54) is 0 Å². The van der Waals surface area contributed by atoms with Gasteiger partial charge in [-0.25, -0.2) is 4.98 Å². The topological polar surface area (TPSA) is 51.8 Å². The Labute approximate surface area is 77.3 Å². The lowest BCUT2D eigenvalue weighted by Crippen LogP contribution is -1.85. The molecule has 2 rings (SSSR count). The molecule has 0 atom stereocenters. The molecule has 2 N–H and O–H groups in total. The van der Waals surface area contributed by atoms with Crippen molar-refractivity contribution in [3.05, 3.63) is 55.0 Å². The van der Waals surface area contributed by atoms with Gasteiger partial charge in [0.05, 0.1) is 0 Å². The SMILES string of the molecule is Nc1ccccn1.c1ccncc1. The quantitative estimate of drug-likeness (QED) is 0.660. The molecule has 66 valence electrons. The van der Waals surface area contributed by atoms with Gasteiger partial charge >= 0.3 is 0 Å². The number of nitrogens with two attached hydrogens (primary N) is 1. The molecule has 0 saturated heterocycles. The van der Waals surface area contributed by atoms with Gasteiger partial charge in [-0.2, -0.15) is 0 Å². The molecule has 0 fully saturated rings. The zero-order valence-corrected chi connectivity index (χ0v) is 7.17. The molecule has 0 radical (unpaired) electrons. The minimum absolute atomic E-state index is 0.572. The van der Waals surface area contributed by atoms with Crippen molar-refractivity contribution in [2.75, 3.05) is 5.73 Å². The van der Waals surface area contributed by atoms with Crippen LogP contribution in [0.1, 0.15) is 0 Å². The van der Waals surface area contributed by atoms with Gasteiger partial charge in [-0.1, -0.05) is 12.1 Å². The molecule has 0 aliphatic carbocycles. The van der Waals surface area contributed by atoms with Gasteiger partial charge in [0.1, 0.15) is 5.82 Å². The summed E-state index contributed by atoms with van der Waals surface area (Å²) >= 11 is 0. The van der Waals surface area contributed by atoms with Gasteiger partial charge < -0.3 is 5.73 Å². The highest BCUT2D eigenvalue weighted by atomic mass is 14.8. The summed E-state index contributed by atoms with van der Waals surface area (Å²) in [6.45, 7) is 0. The zero-order chi connectivity index (χ0) is 9.36. The van der Waals surface area contributed by atoms with E-state index in [4.69, 9.17) is 5.73 Å². The third-order valence-corrected chi connectivity index (χ3v) is 1.25. The maximum atomic E-state index is 5.25. The predicted molar refractivity (Wildman–Crippen MR) is 52.9 cm³/mol. The van der Waals surface area contributed by atoms with Crippen LogP contribution < -0.4 is 5.73 Å². The van der Waals surface area contributed by atoms with Gasteiger partial charge in [0.15, 0.2) is 0 Å². The van der Waals surface area contributed by atoms with E-state index >= 15 is 0 Å². The first-order valence-electron chi connectivity index (χ1n) is 3.91. The number of hydrogen-bond donors (Lipinski definition) is 1. The molecule has 0 amide bonds. The molecule has 0 unspecified atom stereocenters. The van der Waals surface area contributed by atoms with Gasteiger partial charge in [0, 0.05) is 18.6 Å². The van der Waals surface area contributed by atoms with Gasteiger partial charge in [-0.3, -0.25) is 4.98 Å². The third kappa shape index (κ3) is 4.53. The van der Waals surface area contributed by atoms with E-state index in [-0.39, 0.29) is 0 Å². The Bertz CT molecular complexity index is 281. The maximum Gasteiger partial charge on any atom is 0.123 e. The first-order chi connectivity index (χ1) is 6.39. The molecular formula is C10H11N3. The fraction of sp³-hybridized carbons (Fsp3) is 0. The van der Waals surface area contributed by atoms with Crippen LogP contribution in [0.5, 0.6) is 0 Å². The van der Waals surface area contributed by atoms with Gasteiger partial charge in [0.2, 0.25) is 0 Å². The van der Waals surface area contributed by atoms with Crippen LogP contribution in [0, 0.1) is 0 Å². The molecule has 0 aromatic carbocycles. The van der Waals surface area contributed by atoms with Crippen LogP contribution in [0.4, 0.5) is 5.82 Å². The summed E-state index contributed by atoms with van der Waals surface area (Å²) in [6, 6.07) is 11.1. The molecule has 2 heterocycles. The Hall–Kier alpha value is -1.90. The molecular weight excluding hydrogens is 162 g/mol. The zero-order valence-electron chi connectivity index (χ0n) is 7.17. The summed E-state index contributed by atoms with van der Waals surface area (Å²) in [6.07, 6.45) is 5.16. The van der Waals surface area contributed by atoms with Crippen LogP contribution in [0.25, 0.3) is 0 Å². The van der Waals surface area contributed by atoms with Crippen LogP contribution >= 0.6 is 0 Å². The first kappa shape index (κ1) is 9.19. The average Bonchev–Trinajstić information content (AvgIpc) is 2.22. The van der Waals surface area contributed by atoms with Crippen LogP contribution in [0.2, 0.25) is 0 Å². The van der Waals surface area contributed by atoms with E-state index in [9.17, 15) is 0 Å². The van der Waals surface area contributed by atoms with Crippen molar-refractivity contribution in [3.8, 4) is 0 Å². The molecule has 3 nitrogen and oxygen atoms in total. The van der Waals surface area contributed by atoms with Crippen molar-refractivity contribution in [1.29, 1.82) is 0 Å². The molecule has 3 heteroatoms. The fourth-order valence-corrected chi connectivity index (χ4v) is 0.689. The number of rotatable bonds is 0. The fourth-order valence-electron chi connectivity index (χ4n) is 0.689. The van der Waals surface area contributed by atoms with Gasteiger partial charge in [-0.05, 0) is 24.3 Å². The summed E-state index contributed by atoms with van der Waals surface area (Å²) in [5, 5.41) is 0. The highest BCUT2D eigenvalue weighted by Crippen LogP contribution is 1.89. The number of aromatic nitrogens is 2. The Balaban J connectivity index is 0.000000132. The molecule has 2 aromatic heterocycles. The van der Waals surface area contributed by atoms with Gasteiger partial charge in [0.25, 0.3) is 0 Å². The van der Waals surface area contributed by atoms with Crippen LogP contribution in [-0.2, 0) is 0 Å². The van der Waals surface area contributed by atoms with Crippen molar-refractivity contribution in [3.63, 3.8) is 0 Å². The van der Waals surface area contributed by atoms with Crippen LogP contribution in [0.3, 0.4) is 0 Å². The van der Waals surface area contributed by atoms with Crippen LogP contribution in [-0.4, -0.2) is 9.97 Å². The smallest absolute Gasteiger partial charge is 0.123 e. The van der Waals surface area contributed by atoms with E-state index in [0.29, 0.717) is 5.82 Å². The summed E-state index contributed by atoms with van der Waals surface area (Å²) < 4.78 is 0. The standard InChI is InChI=1S/C5H6N2.C5H5N/c6-5-3-1-2-4-7-5;1-2-4-6-5-3-1/h1-4H,(H2,6,7);1-5H. The second kappa shape index (κ2) is 5.71. The predicted octanol–water partition coefficient (Wildman–Crippen LogP) is 1.75. The number of nitrogens with zero attached hydrogens (tertiary/aromatic N) is 2. The summed E-state index contributed by atoms with van der Waals surface area (Å²) in [5.41, 5.74) is 5.25. The normalized spacial score (nSPS) is 8.31. The summed E-state index contributed by atoms with van der Waals surface area (Å²) in [4.78, 5) is 7.54. The molecule has 0 saturated carbocycles. The molecule has 0 aliphatic heterocycles.